The van der Waals surface area contributed by atoms with E-state index >= 15 is 0 Å². The number of carbonyl (C=O) groups is 2. The number of carboxylic acids is 1. The quantitative estimate of drug-likeness (QED) is 0.818. The molecule has 2 rings (SSSR count). The minimum Gasteiger partial charge on any atom is -0.481 e. The first-order valence-electron chi connectivity index (χ1n) is 8.62. The molecule has 0 spiro atoms. The molecule has 1 amide bonds. The highest BCUT2D eigenvalue weighted by atomic mass is 16.4. The van der Waals surface area contributed by atoms with Crippen molar-refractivity contribution in [3.8, 4) is 0 Å². The Bertz CT molecular complexity index is 361. The van der Waals surface area contributed by atoms with Gasteiger partial charge in [-0.05, 0) is 37.5 Å². The van der Waals surface area contributed by atoms with Crippen molar-refractivity contribution in [2.45, 2.75) is 64.7 Å². The molecule has 0 saturated heterocycles. The largest absolute Gasteiger partial charge is 0.481 e. The predicted molar refractivity (Wildman–Crippen MR) is 81.8 cm³/mol. The number of aliphatic carboxylic acids is 1. The van der Waals surface area contributed by atoms with Crippen LogP contribution in [0.5, 0.6) is 0 Å². The van der Waals surface area contributed by atoms with Crippen molar-refractivity contribution in [2.75, 3.05) is 6.54 Å². The fourth-order valence-electron chi connectivity index (χ4n) is 3.96. The molecular weight excluding hydrogens is 266 g/mol. The van der Waals surface area contributed by atoms with E-state index in [4.69, 9.17) is 0 Å². The van der Waals surface area contributed by atoms with Crippen LogP contribution < -0.4 is 5.32 Å². The van der Waals surface area contributed by atoms with Crippen LogP contribution >= 0.6 is 0 Å². The molecule has 2 aliphatic rings. The van der Waals surface area contributed by atoms with Crippen LogP contribution in [-0.2, 0) is 9.59 Å². The van der Waals surface area contributed by atoms with Crippen molar-refractivity contribution in [2.24, 2.45) is 23.7 Å². The summed E-state index contributed by atoms with van der Waals surface area (Å²) in [7, 11) is 0. The van der Waals surface area contributed by atoms with Gasteiger partial charge in [0.2, 0.25) is 5.91 Å². The SMILES string of the molecule is CCC1CCC(CNC(=O)C2CCCCC2C(=O)O)CC1. The van der Waals surface area contributed by atoms with E-state index in [0.717, 1.165) is 31.7 Å². The second-order valence-electron chi connectivity index (χ2n) is 6.88. The predicted octanol–water partition coefficient (Wildman–Crippen LogP) is 3.21. The monoisotopic (exact) mass is 295 g/mol. The van der Waals surface area contributed by atoms with Crippen LogP contribution in [0.1, 0.15) is 64.7 Å². The Balaban J connectivity index is 1.77. The smallest absolute Gasteiger partial charge is 0.307 e. The van der Waals surface area contributed by atoms with Gasteiger partial charge in [0.25, 0.3) is 0 Å². The second kappa shape index (κ2) is 7.81. The third-order valence-corrected chi connectivity index (χ3v) is 5.53. The lowest BCUT2D eigenvalue weighted by Gasteiger charge is -2.30. The zero-order valence-corrected chi connectivity index (χ0v) is 13.1. The van der Waals surface area contributed by atoms with Gasteiger partial charge in [-0.2, -0.15) is 0 Å². The van der Waals surface area contributed by atoms with Gasteiger partial charge >= 0.3 is 5.97 Å². The molecule has 0 heterocycles. The lowest BCUT2D eigenvalue weighted by atomic mass is 9.78. The molecule has 2 saturated carbocycles. The summed E-state index contributed by atoms with van der Waals surface area (Å²) >= 11 is 0. The molecule has 2 atom stereocenters. The van der Waals surface area contributed by atoms with Crippen molar-refractivity contribution in [1.29, 1.82) is 0 Å². The van der Waals surface area contributed by atoms with Crippen LogP contribution in [0.3, 0.4) is 0 Å². The molecule has 2 aliphatic carbocycles. The number of hydrogen-bond donors (Lipinski definition) is 2. The molecule has 0 aromatic heterocycles. The summed E-state index contributed by atoms with van der Waals surface area (Å²) in [5, 5.41) is 12.3. The molecule has 2 unspecified atom stereocenters. The van der Waals surface area contributed by atoms with Crippen LogP contribution in [0.4, 0.5) is 0 Å². The Morgan fingerprint density at radius 1 is 0.952 bits per heavy atom. The number of nitrogens with one attached hydrogen (secondary N) is 1. The highest BCUT2D eigenvalue weighted by molar-refractivity contribution is 5.84. The molecular formula is C17H29NO3. The molecule has 0 bridgehead atoms. The fraction of sp³-hybridized carbons (Fsp3) is 0.882. The first-order chi connectivity index (χ1) is 10.1. The highest BCUT2D eigenvalue weighted by Gasteiger charge is 2.35. The molecule has 120 valence electrons. The van der Waals surface area contributed by atoms with Crippen molar-refractivity contribution in [3.05, 3.63) is 0 Å². The summed E-state index contributed by atoms with van der Waals surface area (Å²) in [6.07, 6.45) is 9.50. The minimum absolute atomic E-state index is 0.0280. The van der Waals surface area contributed by atoms with Crippen molar-refractivity contribution in [3.63, 3.8) is 0 Å². The number of carboxylic acid groups (broad SMARTS) is 1. The van der Waals surface area contributed by atoms with Gasteiger partial charge in [-0.25, -0.2) is 0 Å². The van der Waals surface area contributed by atoms with Crippen LogP contribution in [-0.4, -0.2) is 23.5 Å². The summed E-state index contributed by atoms with van der Waals surface area (Å²) in [5.41, 5.74) is 0. The van der Waals surface area contributed by atoms with Gasteiger partial charge < -0.3 is 10.4 Å². The van der Waals surface area contributed by atoms with E-state index in [1.807, 2.05) is 0 Å². The lowest BCUT2D eigenvalue weighted by Crippen LogP contribution is -2.41. The topological polar surface area (TPSA) is 66.4 Å². The molecule has 4 heteroatoms. The maximum atomic E-state index is 12.3. The fourth-order valence-corrected chi connectivity index (χ4v) is 3.96. The molecule has 4 nitrogen and oxygen atoms in total. The zero-order chi connectivity index (χ0) is 15.2. The molecule has 0 radical (unpaired) electrons. The number of hydrogen-bond acceptors (Lipinski definition) is 2. The standard InChI is InChI=1S/C17H29NO3/c1-2-12-7-9-13(10-8-12)11-18-16(19)14-5-3-4-6-15(14)17(20)21/h12-15H,2-11H2,1H3,(H,18,19)(H,20,21). The summed E-state index contributed by atoms with van der Waals surface area (Å²) < 4.78 is 0. The Labute approximate surface area is 127 Å². The Kier molecular flexibility index (Phi) is 6.07. The first kappa shape index (κ1) is 16.3. The van der Waals surface area contributed by atoms with E-state index in [1.54, 1.807) is 0 Å². The Morgan fingerprint density at radius 2 is 1.52 bits per heavy atom. The number of rotatable bonds is 5. The van der Waals surface area contributed by atoms with Crippen molar-refractivity contribution in [1.82, 2.24) is 5.32 Å². The number of amides is 1. The molecule has 0 aliphatic heterocycles. The van der Waals surface area contributed by atoms with Gasteiger partial charge in [-0.3, -0.25) is 9.59 Å². The molecule has 2 fully saturated rings. The maximum absolute atomic E-state index is 12.3. The maximum Gasteiger partial charge on any atom is 0.307 e. The molecule has 0 aromatic rings. The molecule has 0 aromatic carbocycles. The van der Waals surface area contributed by atoms with Gasteiger partial charge in [-0.1, -0.05) is 39.0 Å². The van der Waals surface area contributed by atoms with E-state index in [1.165, 1.54) is 32.1 Å². The van der Waals surface area contributed by atoms with Gasteiger partial charge in [0.05, 0.1) is 11.8 Å². The van der Waals surface area contributed by atoms with Crippen LogP contribution in [0.15, 0.2) is 0 Å². The molecule has 2 N–H and O–H groups in total. The van der Waals surface area contributed by atoms with E-state index < -0.39 is 11.9 Å². The summed E-state index contributed by atoms with van der Waals surface area (Å²) in [6.45, 7) is 2.99. The summed E-state index contributed by atoms with van der Waals surface area (Å²) in [6, 6.07) is 0. The average molecular weight is 295 g/mol. The highest BCUT2D eigenvalue weighted by Crippen LogP contribution is 2.32. The summed E-state index contributed by atoms with van der Waals surface area (Å²) in [4.78, 5) is 23.6. The van der Waals surface area contributed by atoms with E-state index in [2.05, 4.69) is 12.2 Å². The van der Waals surface area contributed by atoms with Crippen LogP contribution in [0.25, 0.3) is 0 Å². The van der Waals surface area contributed by atoms with E-state index in [9.17, 15) is 14.7 Å². The third kappa shape index (κ3) is 4.45. The van der Waals surface area contributed by atoms with Crippen LogP contribution in [0, 0.1) is 23.7 Å². The van der Waals surface area contributed by atoms with Gasteiger partial charge in [0.15, 0.2) is 0 Å². The third-order valence-electron chi connectivity index (χ3n) is 5.53. The lowest BCUT2D eigenvalue weighted by molar-refractivity contribution is -0.149. The first-order valence-corrected chi connectivity index (χ1v) is 8.62. The molecule has 21 heavy (non-hydrogen) atoms. The second-order valence-corrected chi connectivity index (χ2v) is 6.88. The van der Waals surface area contributed by atoms with E-state index in [-0.39, 0.29) is 11.8 Å². The van der Waals surface area contributed by atoms with Gasteiger partial charge in [0.1, 0.15) is 0 Å². The minimum atomic E-state index is -0.807. The zero-order valence-electron chi connectivity index (χ0n) is 13.1. The van der Waals surface area contributed by atoms with Gasteiger partial charge in [0, 0.05) is 6.54 Å². The van der Waals surface area contributed by atoms with Crippen molar-refractivity contribution >= 4 is 11.9 Å². The number of carbonyl (C=O) groups excluding carboxylic acids is 1. The Morgan fingerprint density at radius 3 is 2.10 bits per heavy atom. The summed E-state index contributed by atoms with van der Waals surface area (Å²) in [5.74, 6) is -0.175. The average Bonchev–Trinajstić information content (AvgIpc) is 2.53. The normalized spacial score (nSPS) is 33.4. The Hall–Kier alpha value is -1.06. The van der Waals surface area contributed by atoms with Crippen molar-refractivity contribution < 1.29 is 14.7 Å². The van der Waals surface area contributed by atoms with Gasteiger partial charge in [-0.15, -0.1) is 0 Å². The van der Waals surface area contributed by atoms with Crippen LogP contribution in [0.2, 0.25) is 0 Å². The van der Waals surface area contributed by atoms with E-state index in [0.29, 0.717) is 12.3 Å².